The number of halogens is 1. The Morgan fingerprint density at radius 2 is 1.56 bits per heavy atom. The Bertz CT molecular complexity index is 1440. The van der Waals surface area contributed by atoms with Crippen molar-refractivity contribution in [1.82, 2.24) is 0 Å². The fraction of sp³-hybridized carbons (Fsp3) is 0.0741. The molecule has 4 aromatic carbocycles. The Morgan fingerprint density at radius 3 is 2.25 bits per heavy atom. The maximum Gasteiger partial charge on any atom is 0.264 e. The van der Waals surface area contributed by atoms with Gasteiger partial charge in [-0.3, -0.25) is 9.10 Å². The topological polar surface area (TPSA) is 84.9 Å². The highest BCUT2D eigenvalue weighted by Crippen LogP contribution is 2.30. The number of carbonyl (C=O) groups excluding carboxylic acids is 1. The molecule has 0 saturated carbocycles. The van der Waals surface area contributed by atoms with Crippen LogP contribution in [0.1, 0.15) is 0 Å². The van der Waals surface area contributed by atoms with Crippen LogP contribution in [0.5, 0.6) is 17.2 Å². The summed E-state index contributed by atoms with van der Waals surface area (Å²) in [6.45, 7) is -0.492. The van der Waals surface area contributed by atoms with Gasteiger partial charge in [0.05, 0.1) is 23.4 Å². The first-order valence-corrected chi connectivity index (χ1v) is 12.7. The zero-order valence-electron chi connectivity index (χ0n) is 19.3. The molecule has 0 aromatic heterocycles. The van der Waals surface area contributed by atoms with E-state index in [0.29, 0.717) is 28.0 Å². The van der Waals surface area contributed by atoms with Gasteiger partial charge in [0.1, 0.15) is 18.0 Å². The Kier molecular flexibility index (Phi) is 7.77. The molecule has 0 unspecified atom stereocenters. The second kappa shape index (κ2) is 11.2. The minimum Gasteiger partial charge on any atom is -0.497 e. The van der Waals surface area contributed by atoms with E-state index in [1.54, 1.807) is 66.7 Å². The number of nitrogens with zero attached hydrogens (tertiary/aromatic N) is 1. The number of rotatable bonds is 9. The standard InChI is InChI=1S/C27H23ClN2O5S/c1-34-22-14-16-24(17-15-22)36(32,33)30(21-9-7-8-20(28)18-21)19-27(31)29-25-12-5-6-13-26(25)35-23-10-3-2-4-11-23/h2-18H,19H2,1H3,(H,29,31). The third-order valence-electron chi connectivity index (χ3n) is 5.16. The molecule has 0 heterocycles. The largest absolute Gasteiger partial charge is 0.497 e. The molecule has 0 aliphatic rings. The molecular weight excluding hydrogens is 500 g/mol. The van der Waals surface area contributed by atoms with E-state index in [-0.39, 0.29) is 10.6 Å². The third-order valence-corrected chi connectivity index (χ3v) is 7.19. The number of ether oxygens (including phenoxy) is 2. The zero-order chi connectivity index (χ0) is 25.5. The van der Waals surface area contributed by atoms with Gasteiger partial charge in [0.15, 0.2) is 5.75 Å². The van der Waals surface area contributed by atoms with Crippen LogP contribution in [0.4, 0.5) is 11.4 Å². The van der Waals surface area contributed by atoms with Crippen LogP contribution in [0.2, 0.25) is 5.02 Å². The second-order valence-corrected chi connectivity index (χ2v) is 9.93. The van der Waals surface area contributed by atoms with Crippen LogP contribution in [0.15, 0.2) is 108 Å². The number of hydrogen-bond donors (Lipinski definition) is 1. The summed E-state index contributed by atoms with van der Waals surface area (Å²) in [5.41, 5.74) is 0.654. The normalized spacial score (nSPS) is 10.9. The van der Waals surface area contributed by atoms with Gasteiger partial charge < -0.3 is 14.8 Å². The van der Waals surface area contributed by atoms with Crippen LogP contribution in [-0.4, -0.2) is 28.0 Å². The lowest BCUT2D eigenvalue weighted by molar-refractivity contribution is -0.114. The number of sulfonamides is 1. The summed E-state index contributed by atoms with van der Waals surface area (Å²) in [5, 5.41) is 3.10. The minimum atomic E-state index is -4.11. The van der Waals surface area contributed by atoms with Gasteiger partial charge in [-0.1, -0.05) is 48.0 Å². The Morgan fingerprint density at radius 1 is 0.861 bits per heavy atom. The Labute approximate surface area is 214 Å². The highest BCUT2D eigenvalue weighted by Gasteiger charge is 2.28. The molecule has 0 spiro atoms. The Hall–Kier alpha value is -4.01. The first-order chi connectivity index (χ1) is 17.4. The molecule has 1 N–H and O–H groups in total. The van der Waals surface area contributed by atoms with Gasteiger partial charge in [-0.2, -0.15) is 0 Å². The van der Waals surface area contributed by atoms with Crippen molar-refractivity contribution >= 4 is 38.9 Å². The maximum atomic E-state index is 13.6. The molecular formula is C27H23ClN2O5S. The van der Waals surface area contributed by atoms with Crippen LogP contribution in [0.25, 0.3) is 0 Å². The average Bonchev–Trinajstić information content (AvgIpc) is 2.89. The van der Waals surface area contributed by atoms with Gasteiger partial charge in [0.25, 0.3) is 10.0 Å². The first-order valence-electron chi connectivity index (χ1n) is 10.9. The highest BCUT2D eigenvalue weighted by molar-refractivity contribution is 7.92. The molecule has 7 nitrogen and oxygen atoms in total. The predicted molar refractivity (Wildman–Crippen MR) is 141 cm³/mol. The number of anilines is 2. The van der Waals surface area contributed by atoms with Gasteiger partial charge >= 0.3 is 0 Å². The molecule has 4 rings (SSSR count). The molecule has 36 heavy (non-hydrogen) atoms. The van der Waals surface area contributed by atoms with Crippen molar-refractivity contribution < 1.29 is 22.7 Å². The minimum absolute atomic E-state index is 0.00360. The zero-order valence-corrected chi connectivity index (χ0v) is 20.9. The summed E-state index contributed by atoms with van der Waals surface area (Å²) < 4.78 is 39.2. The van der Waals surface area contributed by atoms with Crippen molar-refractivity contribution in [2.45, 2.75) is 4.90 Å². The van der Waals surface area contributed by atoms with Crippen LogP contribution in [-0.2, 0) is 14.8 Å². The van der Waals surface area contributed by atoms with Gasteiger partial charge in [-0.15, -0.1) is 0 Å². The van der Waals surface area contributed by atoms with Crippen LogP contribution >= 0.6 is 11.6 Å². The van der Waals surface area contributed by atoms with Crippen molar-refractivity contribution in [3.8, 4) is 17.2 Å². The number of amides is 1. The van der Waals surface area contributed by atoms with Gasteiger partial charge in [-0.05, 0) is 66.7 Å². The molecule has 0 atom stereocenters. The number of carbonyl (C=O) groups is 1. The molecule has 4 aromatic rings. The number of methoxy groups -OCH3 is 1. The molecule has 9 heteroatoms. The summed E-state index contributed by atoms with van der Waals surface area (Å²) in [6, 6.07) is 28.3. The van der Waals surface area contributed by atoms with Crippen molar-refractivity contribution in [3.05, 3.63) is 108 Å². The van der Waals surface area contributed by atoms with Crippen LogP contribution in [0.3, 0.4) is 0 Å². The number of hydrogen-bond acceptors (Lipinski definition) is 5. The third kappa shape index (κ3) is 5.97. The number of para-hydroxylation sites is 3. The van der Waals surface area contributed by atoms with E-state index in [1.807, 2.05) is 18.2 Å². The van der Waals surface area contributed by atoms with Gasteiger partial charge in [0, 0.05) is 5.02 Å². The van der Waals surface area contributed by atoms with Crippen molar-refractivity contribution in [2.24, 2.45) is 0 Å². The summed E-state index contributed by atoms with van der Waals surface area (Å²) >= 11 is 6.13. The van der Waals surface area contributed by atoms with E-state index in [4.69, 9.17) is 21.1 Å². The summed E-state index contributed by atoms with van der Waals surface area (Å²) in [4.78, 5) is 13.1. The van der Waals surface area contributed by atoms with Crippen molar-refractivity contribution in [3.63, 3.8) is 0 Å². The maximum absolute atomic E-state index is 13.6. The summed E-state index contributed by atoms with van der Waals surface area (Å²) in [6.07, 6.45) is 0. The van der Waals surface area contributed by atoms with Crippen LogP contribution < -0.4 is 19.1 Å². The monoisotopic (exact) mass is 522 g/mol. The molecule has 184 valence electrons. The quantitative estimate of drug-likeness (QED) is 0.292. The summed E-state index contributed by atoms with van der Waals surface area (Å²) in [5.74, 6) is 0.971. The number of nitrogens with one attached hydrogen (secondary N) is 1. The molecule has 0 bridgehead atoms. The predicted octanol–water partition coefficient (Wildman–Crippen LogP) is 5.97. The first kappa shape index (κ1) is 25.1. The van der Waals surface area contributed by atoms with E-state index < -0.39 is 22.5 Å². The van der Waals surface area contributed by atoms with E-state index in [1.165, 1.54) is 25.3 Å². The van der Waals surface area contributed by atoms with E-state index >= 15 is 0 Å². The average molecular weight is 523 g/mol. The smallest absolute Gasteiger partial charge is 0.264 e. The van der Waals surface area contributed by atoms with Crippen molar-refractivity contribution in [1.29, 1.82) is 0 Å². The SMILES string of the molecule is COc1ccc(S(=O)(=O)N(CC(=O)Nc2ccccc2Oc2ccccc2)c2cccc(Cl)c2)cc1. The highest BCUT2D eigenvalue weighted by atomic mass is 35.5. The van der Waals surface area contributed by atoms with Crippen LogP contribution in [0, 0.1) is 0 Å². The summed E-state index contributed by atoms with van der Waals surface area (Å²) in [7, 11) is -2.62. The molecule has 0 aliphatic heterocycles. The second-order valence-electron chi connectivity index (χ2n) is 7.63. The van der Waals surface area contributed by atoms with E-state index in [0.717, 1.165) is 4.31 Å². The van der Waals surface area contributed by atoms with E-state index in [9.17, 15) is 13.2 Å². The lowest BCUT2D eigenvalue weighted by atomic mass is 10.2. The fourth-order valence-corrected chi connectivity index (χ4v) is 5.01. The van der Waals surface area contributed by atoms with E-state index in [2.05, 4.69) is 5.32 Å². The van der Waals surface area contributed by atoms with Crippen molar-refractivity contribution in [2.75, 3.05) is 23.3 Å². The molecule has 0 saturated heterocycles. The Balaban J connectivity index is 1.62. The number of benzene rings is 4. The van der Waals surface area contributed by atoms with Gasteiger partial charge in [0.2, 0.25) is 5.91 Å². The van der Waals surface area contributed by atoms with Gasteiger partial charge in [-0.25, -0.2) is 8.42 Å². The molecule has 0 radical (unpaired) electrons. The molecule has 0 fully saturated rings. The molecule has 1 amide bonds. The lowest BCUT2D eigenvalue weighted by Gasteiger charge is -2.24. The molecule has 0 aliphatic carbocycles. The lowest BCUT2D eigenvalue weighted by Crippen LogP contribution is -2.38. The fourth-order valence-electron chi connectivity index (χ4n) is 3.42.